The van der Waals surface area contributed by atoms with Crippen molar-refractivity contribution in [3.8, 4) is 11.5 Å². The molecule has 0 radical (unpaired) electrons. The van der Waals surface area contributed by atoms with Crippen LogP contribution in [-0.4, -0.2) is 49.6 Å². The van der Waals surface area contributed by atoms with E-state index in [-0.39, 0.29) is 5.92 Å². The summed E-state index contributed by atoms with van der Waals surface area (Å²) in [7, 11) is 0. The Morgan fingerprint density at radius 2 is 1.68 bits per heavy atom. The highest BCUT2D eigenvalue weighted by molar-refractivity contribution is 5.96. The van der Waals surface area contributed by atoms with E-state index in [9.17, 15) is 9.59 Å². The first-order chi connectivity index (χ1) is 15.1. The number of ketones is 1. The van der Waals surface area contributed by atoms with Gasteiger partial charge < -0.3 is 14.2 Å². The zero-order valence-electron chi connectivity index (χ0n) is 19.0. The minimum absolute atomic E-state index is 0.105. The SMILES string of the molecule is CCOC(=O)c1c(OCC)cc(CN2CCC(C3C=CCCC3=O)CC2)cc1OCC. The number of rotatable bonds is 9. The fourth-order valence-electron chi connectivity index (χ4n) is 4.57. The zero-order valence-corrected chi connectivity index (χ0v) is 19.0. The molecule has 31 heavy (non-hydrogen) atoms. The number of carbonyl (C=O) groups excluding carboxylic acids is 2. The zero-order chi connectivity index (χ0) is 22.2. The van der Waals surface area contributed by atoms with Gasteiger partial charge >= 0.3 is 5.97 Å². The van der Waals surface area contributed by atoms with Crippen LogP contribution in [0.2, 0.25) is 0 Å². The lowest BCUT2D eigenvalue weighted by molar-refractivity contribution is -0.123. The van der Waals surface area contributed by atoms with Crippen molar-refractivity contribution in [2.45, 2.75) is 53.0 Å². The minimum atomic E-state index is -0.424. The second-order valence-corrected chi connectivity index (χ2v) is 8.13. The van der Waals surface area contributed by atoms with Crippen LogP contribution >= 0.6 is 0 Å². The van der Waals surface area contributed by atoms with E-state index in [1.165, 1.54) is 0 Å². The molecule has 6 nitrogen and oxygen atoms in total. The number of allylic oxidation sites excluding steroid dienone is 2. The summed E-state index contributed by atoms with van der Waals surface area (Å²) in [6, 6.07) is 3.86. The van der Waals surface area contributed by atoms with Crippen molar-refractivity contribution in [2.24, 2.45) is 11.8 Å². The van der Waals surface area contributed by atoms with E-state index < -0.39 is 5.97 Å². The van der Waals surface area contributed by atoms with Crippen LogP contribution in [0.5, 0.6) is 11.5 Å². The summed E-state index contributed by atoms with van der Waals surface area (Å²) in [6.45, 7) is 9.45. The molecule has 0 spiro atoms. The average Bonchev–Trinajstić information content (AvgIpc) is 2.75. The molecule has 3 rings (SSSR count). The number of nitrogens with zero attached hydrogens (tertiary/aromatic N) is 1. The number of ether oxygens (including phenoxy) is 3. The number of Topliss-reactive ketones (excluding diaryl/α,β-unsaturated/α-hetero) is 1. The molecule has 2 aliphatic rings. The van der Waals surface area contributed by atoms with Crippen LogP contribution in [0.15, 0.2) is 24.3 Å². The second-order valence-electron chi connectivity index (χ2n) is 8.13. The topological polar surface area (TPSA) is 65.1 Å². The number of likely N-dealkylation sites (tertiary alicyclic amines) is 1. The molecule has 1 aromatic carbocycles. The molecule has 0 bridgehead atoms. The van der Waals surface area contributed by atoms with Crippen LogP contribution in [0.1, 0.15) is 62.4 Å². The molecule has 0 saturated carbocycles. The molecule has 1 saturated heterocycles. The van der Waals surface area contributed by atoms with Crippen molar-refractivity contribution in [3.05, 3.63) is 35.4 Å². The highest BCUT2D eigenvalue weighted by Crippen LogP contribution is 2.34. The molecule has 1 aromatic rings. The summed E-state index contributed by atoms with van der Waals surface area (Å²) in [5.41, 5.74) is 1.41. The maximum Gasteiger partial charge on any atom is 0.345 e. The summed E-state index contributed by atoms with van der Waals surface area (Å²) in [4.78, 5) is 27.2. The summed E-state index contributed by atoms with van der Waals surface area (Å²) in [6.07, 6.45) is 7.92. The number of carbonyl (C=O) groups is 2. The highest BCUT2D eigenvalue weighted by Gasteiger charge is 2.31. The van der Waals surface area contributed by atoms with Crippen molar-refractivity contribution in [1.82, 2.24) is 4.90 Å². The van der Waals surface area contributed by atoms with Gasteiger partial charge in [0, 0.05) is 18.9 Å². The standard InChI is InChI=1S/C25H35NO5/c1-4-29-22-15-18(16-23(30-5-2)24(22)25(28)31-6-3)17-26-13-11-19(12-14-26)20-9-7-8-10-21(20)27/h7,9,15-16,19-20H,4-6,8,10-14,17H2,1-3H3. The van der Waals surface area contributed by atoms with Crippen LogP contribution in [-0.2, 0) is 16.1 Å². The molecular weight excluding hydrogens is 394 g/mol. The van der Waals surface area contributed by atoms with E-state index in [1.807, 2.05) is 26.0 Å². The van der Waals surface area contributed by atoms with Gasteiger partial charge in [0.15, 0.2) is 0 Å². The predicted octanol–water partition coefficient (Wildman–Crippen LogP) is 4.41. The maximum absolute atomic E-state index is 12.5. The Bertz CT molecular complexity index is 768. The fourth-order valence-corrected chi connectivity index (χ4v) is 4.57. The second kappa shape index (κ2) is 11.3. The molecule has 0 N–H and O–H groups in total. The van der Waals surface area contributed by atoms with Gasteiger partial charge in [-0.25, -0.2) is 4.79 Å². The molecule has 0 aromatic heterocycles. The van der Waals surface area contributed by atoms with Crippen LogP contribution < -0.4 is 9.47 Å². The molecule has 1 aliphatic carbocycles. The van der Waals surface area contributed by atoms with Crippen molar-refractivity contribution in [2.75, 3.05) is 32.9 Å². The third-order valence-corrected chi connectivity index (χ3v) is 6.02. The number of esters is 1. The van der Waals surface area contributed by atoms with Crippen LogP contribution in [0.25, 0.3) is 0 Å². The van der Waals surface area contributed by atoms with Gasteiger partial charge in [0.1, 0.15) is 22.8 Å². The van der Waals surface area contributed by atoms with Gasteiger partial charge in [-0.1, -0.05) is 12.2 Å². The van der Waals surface area contributed by atoms with E-state index in [0.29, 0.717) is 55.0 Å². The molecular formula is C25H35NO5. The predicted molar refractivity (Wildman–Crippen MR) is 120 cm³/mol. The maximum atomic E-state index is 12.5. The van der Waals surface area contributed by atoms with Crippen molar-refractivity contribution >= 4 is 11.8 Å². The first-order valence-electron chi connectivity index (χ1n) is 11.6. The number of piperidine rings is 1. The minimum Gasteiger partial charge on any atom is -0.493 e. The first-order valence-corrected chi connectivity index (χ1v) is 11.6. The molecule has 1 heterocycles. The molecule has 0 amide bonds. The molecule has 1 atom stereocenters. The summed E-state index contributed by atoms with van der Waals surface area (Å²) < 4.78 is 16.8. The van der Waals surface area contributed by atoms with E-state index in [0.717, 1.165) is 44.5 Å². The Kier molecular flexibility index (Phi) is 8.52. The highest BCUT2D eigenvalue weighted by atomic mass is 16.5. The van der Waals surface area contributed by atoms with E-state index >= 15 is 0 Å². The Morgan fingerprint density at radius 1 is 1.03 bits per heavy atom. The van der Waals surface area contributed by atoms with Gasteiger partial charge in [-0.2, -0.15) is 0 Å². The molecule has 6 heteroatoms. The lowest BCUT2D eigenvalue weighted by atomic mass is 9.78. The van der Waals surface area contributed by atoms with Gasteiger partial charge in [0.25, 0.3) is 0 Å². The quantitative estimate of drug-likeness (QED) is 0.428. The van der Waals surface area contributed by atoms with Gasteiger partial charge in [0.05, 0.1) is 19.8 Å². The van der Waals surface area contributed by atoms with Crippen LogP contribution in [0.4, 0.5) is 0 Å². The molecule has 1 aliphatic heterocycles. The third kappa shape index (κ3) is 5.88. The van der Waals surface area contributed by atoms with Crippen molar-refractivity contribution in [1.29, 1.82) is 0 Å². The third-order valence-electron chi connectivity index (χ3n) is 6.02. The number of benzene rings is 1. The van der Waals surface area contributed by atoms with E-state index in [2.05, 4.69) is 17.1 Å². The van der Waals surface area contributed by atoms with Gasteiger partial charge in [-0.3, -0.25) is 9.69 Å². The van der Waals surface area contributed by atoms with Gasteiger partial charge in [-0.05, 0) is 76.7 Å². The first kappa shape index (κ1) is 23.3. The van der Waals surface area contributed by atoms with Crippen molar-refractivity contribution in [3.63, 3.8) is 0 Å². The van der Waals surface area contributed by atoms with Gasteiger partial charge in [-0.15, -0.1) is 0 Å². The smallest absolute Gasteiger partial charge is 0.345 e. The van der Waals surface area contributed by atoms with Crippen LogP contribution in [0, 0.1) is 11.8 Å². The lowest BCUT2D eigenvalue weighted by Gasteiger charge is -2.35. The Labute approximate surface area is 185 Å². The van der Waals surface area contributed by atoms with E-state index in [4.69, 9.17) is 14.2 Å². The Balaban J connectivity index is 1.72. The molecule has 1 unspecified atom stereocenters. The average molecular weight is 430 g/mol. The summed E-state index contributed by atoms with van der Waals surface area (Å²) >= 11 is 0. The number of hydrogen-bond acceptors (Lipinski definition) is 6. The normalized spacial score (nSPS) is 20.0. The summed E-state index contributed by atoms with van der Waals surface area (Å²) in [5.74, 6) is 1.55. The molecule has 170 valence electrons. The monoisotopic (exact) mass is 429 g/mol. The van der Waals surface area contributed by atoms with Crippen molar-refractivity contribution < 1.29 is 23.8 Å². The van der Waals surface area contributed by atoms with Crippen LogP contribution in [0.3, 0.4) is 0 Å². The Hall–Kier alpha value is -2.34. The fraction of sp³-hybridized carbons (Fsp3) is 0.600. The van der Waals surface area contributed by atoms with Gasteiger partial charge in [0.2, 0.25) is 0 Å². The number of hydrogen-bond donors (Lipinski definition) is 0. The Morgan fingerprint density at radius 3 is 2.23 bits per heavy atom. The molecule has 1 fully saturated rings. The summed E-state index contributed by atoms with van der Waals surface area (Å²) in [5, 5.41) is 0. The van der Waals surface area contributed by atoms with E-state index in [1.54, 1.807) is 6.92 Å². The lowest BCUT2D eigenvalue weighted by Crippen LogP contribution is -2.37. The largest absolute Gasteiger partial charge is 0.493 e.